The van der Waals surface area contributed by atoms with Gasteiger partial charge in [0.05, 0.1) is 11.9 Å². The Kier molecular flexibility index (Phi) is 5.23. The first-order chi connectivity index (χ1) is 13.5. The van der Waals surface area contributed by atoms with E-state index in [0.717, 1.165) is 38.4 Å². The summed E-state index contributed by atoms with van der Waals surface area (Å²) in [6.07, 6.45) is 4.11. The molecule has 3 aromatic rings. The Morgan fingerprint density at radius 3 is 2.07 bits per heavy atom. The molecule has 0 spiro atoms. The molecule has 0 atom stereocenters. The molecule has 4 heteroatoms. The highest BCUT2D eigenvalue weighted by Crippen LogP contribution is 2.24. The second-order valence-corrected chi connectivity index (χ2v) is 8.69. The molecule has 1 fully saturated rings. The summed E-state index contributed by atoms with van der Waals surface area (Å²) in [5.74, 6) is 0. The maximum Gasteiger partial charge on any atom is 0.0647 e. The molecule has 1 aliphatic heterocycles. The molecule has 0 aliphatic carbocycles. The lowest BCUT2D eigenvalue weighted by Gasteiger charge is -2.36. The van der Waals surface area contributed by atoms with Crippen LogP contribution in [0.15, 0.2) is 67.0 Å². The maximum absolute atomic E-state index is 4.54. The third-order valence-electron chi connectivity index (χ3n) is 5.55. The van der Waals surface area contributed by atoms with Crippen molar-refractivity contribution >= 4 is 5.69 Å². The largest absolute Gasteiger partial charge is 0.369 e. The van der Waals surface area contributed by atoms with Crippen molar-refractivity contribution < 1.29 is 0 Å². The molecule has 28 heavy (non-hydrogen) atoms. The Morgan fingerprint density at radius 2 is 1.46 bits per heavy atom. The van der Waals surface area contributed by atoms with Gasteiger partial charge in [-0.2, -0.15) is 5.10 Å². The molecule has 1 saturated heterocycles. The zero-order valence-electron chi connectivity index (χ0n) is 17.2. The zero-order valence-corrected chi connectivity index (χ0v) is 17.2. The van der Waals surface area contributed by atoms with Gasteiger partial charge < -0.3 is 4.90 Å². The molecular formula is C24H30N4. The minimum atomic E-state index is 0.123. The van der Waals surface area contributed by atoms with Gasteiger partial charge in [-0.1, -0.05) is 51.1 Å². The lowest BCUT2D eigenvalue weighted by molar-refractivity contribution is 0.250. The van der Waals surface area contributed by atoms with E-state index < -0.39 is 0 Å². The average molecular weight is 375 g/mol. The summed E-state index contributed by atoms with van der Waals surface area (Å²) in [5.41, 5.74) is 5.19. The topological polar surface area (TPSA) is 24.3 Å². The predicted molar refractivity (Wildman–Crippen MR) is 116 cm³/mol. The highest BCUT2D eigenvalue weighted by atomic mass is 15.3. The van der Waals surface area contributed by atoms with Crippen LogP contribution >= 0.6 is 0 Å². The van der Waals surface area contributed by atoms with Crippen molar-refractivity contribution in [2.75, 3.05) is 31.1 Å². The van der Waals surface area contributed by atoms with Gasteiger partial charge in [0, 0.05) is 44.6 Å². The molecule has 1 aromatic heterocycles. The van der Waals surface area contributed by atoms with E-state index in [1.165, 1.54) is 16.8 Å². The van der Waals surface area contributed by atoms with E-state index in [1.54, 1.807) is 0 Å². The van der Waals surface area contributed by atoms with Gasteiger partial charge in [-0.05, 0) is 40.8 Å². The fourth-order valence-corrected chi connectivity index (χ4v) is 3.67. The quantitative estimate of drug-likeness (QED) is 0.672. The van der Waals surface area contributed by atoms with Crippen LogP contribution in [0.5, 0.6) is 0 Å². The second-order valence-electron chi connectivity index (χ2n) is 8.69. The number of nitrogens with zero attached hydrogens (tertiary/aromatic N) is 4. The highest BCUT2D eigenvalue weighted by molar-refractivity contribution is 5.51. The smallest absolute Gasteiger partial charge is 0.0647 e. The van der Waals surface area contributed by atoms with Gasteiger partial charge in [-0.15, -0.1) is 0 Å². The molecule has 0 N–H and O–H groups in total. The van der Waals surface area contributed by atoms with E-state index in [4.69, 9.17) is 0 Å². The normalized spacial score (nSPS) is 15.8. The van der Waals surface area contributed by atoms with Gasteiger partial charge in [-0.25, -0.2) is 4.68 Å². The van der Waals surface area contributed by atoms with E-state index in [1.807, 2.05) is 10.9 Å². The Labute approximate surface area is 168 Å². The van der Waals surface area contributed by atoms with Gasteiger partial charge in [0.1, 0.15) is 0 Å². The minimum absolute atomic E-state index is 0.123. The molecule has 0 unspecified atom stereocenters. The third-order valence-corrected chi connectivity index (χ3v) is 5.55. The van der Waals surface area contributed by atoms with Gasteiger partial charge in [0.25, 0.3) is 0 Å². The van der Waals surface area contributed by atoms with Crippen LogP contribution in [0.1, 0.15) is 31.9 Å². The number of hydrogen-bond acceptors (Lipinski definition) is 3. The van der Waals surface area contributed by atoms with Crippen molar-refractivity contribution in [3.63, 3.8) is 0 Å². The molecule has 0 radical (unpaired) electrons. The molecule has 146 valence electrons. The first-order valence-corrected chi connectivity index (χ1v) is 10.2. The predicted octanol–water partition coefficient (Wildman–Crippen LogP) is 4.49. The number of rotatable bonds is 4. The van der Waals surface area contributed by atoms with Crippen molar-refractivity contribution in [2.24, 2.45) is 0 Å². The van der Waals surface area contributed by atoms with Crippen molar-refractivity contribution in [1.29, 1.82) is 0 Å². The van der Waals surface area contributed by atoms with Crippen LogP contribution in [0.4, 0.5) is 5.69 Å². The van der Waals surface area contributed by atoms with Crippen LogP contribution in [-0.2, 0) is 12.0 Å². The average Bonchev–Trinajstić information content (AvgIpc) is 3.20. The van der Waals surface area contributed by atoms with Crippen molar-refractivity contribution in [3.8, 4) is 5.69 Å². The number of anilines is 1. The number of benzene rings is 2. The Balaban J connectivity index is 1.36. The standard InChI is InChI=1S/C24H30N4/c1-24(2,3)21-17-25-28(19-21)23-11-9-22(10-12-23)27-15-13-26(14-16-27)18-20-7-5-4-6-8-20/h4-12,17,19H,13-16,18H2,1-3H3. The van der Waals surface area contributed by atoms with E-state index in [9.17, 15) is 0 Å². The van der Waals surface area contributed by atoms with Gasteiger partial charge in [-0.3, -0.25) is 4.90 Å². The summed E-state index contributed by atoms with van der Waals surface area (Å²) < 4.78 is 1.97. The van der Waals surface area contributed by atoms with Crippen molar-refractivity contribution in [2.45, 2.75) is 32.7 Å². The SMILES string of the molecule is CC(C)(C)c1cnn(-c2ccc(N3CCN(Cc4ccccc4)CC3)cc2)c1. The van der Waals surface area contributed by atoms with Gasteiger partial charge in [0.15, 0.2) is 0 Å². The zero-order chi connectivity index (χ0) is 19.6. The molecule has 2 aromatic carbocycles. The Hall–Kier alpha value is -2.59. The summed E-state index contributed by atoms with van der Waals surface area (Å²) in [6.45, 7) is 12.0. The fourth-order valence-electron chi connectivity index (χ4n) is 3.67. The molecule has 0 saturated carbocycles. The van der Waals surface area contributed by atoms with Crippen LogP contribution < -0.4 is 4.90 Å². The summed E-state index contributed by atoms with van der Waals surface area (Å²) in [6, 6.07) is 19.5. The van der Waals surface area contributed by atoms with E-state index in [2.05, 4.69) is 96.5 Å². The Morgan fingerprint density at radius 1 is 0.821 bits per heavy atom. The summed E-state index contributed by atoms with van der Waals surface area (Å²) in [7, 11) is 0. The van der Waals surface area contributed by atoms with E-state index in [-0.39, 0.29) is 5.41 Å². The lowest BCUT2D eigenvalue weighted by atomic mass is 9.90. The van der Waals surface area contributed by atoms with Gasteiger partial charge in [0.2, 0.25) is 0 Å². The van der Waals surface area contributed by atoms with Crippen LogP contribution in [-0.4, -0.2) is 40.9 Å². The van der Waals surface area contributed by atoms with Crippen LogP contribution in [0.2, 0.25) is 0 Å². The molecule has 1 aliphatic rings. The first-order valence-electron chi connectivity index (χ1n) is 10.2. The second kappa shape index (κ2) is 7.80. The maximum atomic E-state index is 4.54. The Bertz CT molecular complexity index is 882. The first kappa shape index (κ1) is 18.8. The van der Waals surface area contributed by atoms with Crippen molar-refractivity contribution in [3.05, 3.63) is 78.1 Å². The summed E-state index contributed by atoms with van der Waals surface area (Å²) >= 11 is 0. The van der Waals surface area contributed by atoms with Gasteiger partial charge >= 0.3 is 0 Å². The van der Waals surface area contributed by atoms with Crippen LogP contribution in [0.25, 0.3) is 5.69 Å². The number of hydrogen-bond donors (Lipinski definition) is 0. The lowest BCUT2D eigenvalue weighted by Crippen LogP contribution is -2.45. The number of piperazine rings is 1. The van der Waals surface area contributed by atoms with E-state index in [0.29, 0.717) is 0 Å². The number of aromatic nitrogens is 2. The third kappa shape index (κ3) is 4.28. The summed E-state index contributed by atoms with van der Waals surface area (Å²) in [4.78, 5) is 5.02. The minimum Gasteiger partial charge on any atom is -0.369 e. The van der Waals surface area contributed by atoms with Crippen molar-refractivity contribution in [1.82, 2.24) is 14.7 Å². The molecule has 4 nitrogen and oxygen atoms in total. The fraction of sp³-hybridized carbons (Fsp3) is 0.375. The highest BCUT2D eigenvalue weighted by Gasteiger charge is 2.18. The molecule has 0 bridgehead atoms. The van der Waals surface area contributed by atoms with Crippen LogP contribution in [0.3, 0.4) is 0 Å². The van der Waals surface area contributed by atoms with E-state index >= 15 is 0 Å². The monoisotopic (exact) mass is 374 g/mol. The molecule has 0 amide bonds. The molecule has 2 heterocycles. The summed E-state index contributed by atoms with van der Waals surface area (Å²) in [5, 5.41) is 4.54. The molecule has 4 rings (SSSR count). The molecular weight excluding hydrogens is 344 g/mol. The van der Waals surface area contributed by atoms with Crippen LogP contribution in [0, 0.1) is 0 Å².